The number of nitrogens with two attached hydrogens (primary N) is 4. The zero-order chi connectivity index (χ0) is 50.2. The number of phenols is 1. The SMILES string of the molecule is CC(C)C[C@H](NC(=O)[C@@H](CCCCN)NC(=O)[C@@H]1CCCN1C(=O)[C@@H](CC(=O)O)NC(=O)[C@@H](Cc1ccc(O)cc1)NC(=O)[C@H](CCC(=O)O)NC(=O)CN)C(=O)N[C@@H](CCCCN)C(N)=O. The van der Waals surface area contributed by atoms with E-state index < -0.39 is 127 Å². The zero-order valence-corrected chi connectivity index (χ0v) is 38.1. The number of hydrogen-bond acceptors (Lipinski definition) is 14. The number of hydrogen-bond donors (Lipinski definition) is 13. The van der Waals surface area contributed by atoms with E-state index in [0.717, 1.165) is 4.90 Å². The molecule has 0 saturated carbocycles. The van der Waals surface area contributed by atoms with E-state index in [1.165, 1.54) is 24.3 Å². The molecular weight excluding hydrogens is 879 g/mol. The molecule has 1 aliphatic heterocycles. The van der Waals surface area contributed by atoms with Gasteiger partial charge in [0.15, 0.2) is 0 Å². The van der Waals surface area contributed by atoms with Gasteiger partial charge < -0.3 is 75.1 Å². The summed E-state index contributed by atoms with van der Waals surface area (Å²) in [5.74, 6) is -9.76. The van der Waals surface area contributed by atoms with E-state index in [4.69, 9.17) is 22.9 Å². The minimum Gasteiger partial charge on any atom is -0.508 e. The van der Waals surface area contributed by atoms with Gasteiger partial charge in [0.1, 0.15) is 48.0 Å². The summed E-state index contributed by atoms with van der Waals surface area (Å²) in [6.45, 7) is 3.71. The van der Waals surface area contributed by atoms with Crippen LogP contribution in [0, 0.1) is 5.92 Å². The van der Waals surface area contributed by atoms with Gasteiger partial charge in [-0.1, -0.05) is 26.0 Å². The highest BCUT2D eigenvalue weighted by molar-refractivity contribution is 5.99. The third kappa shape index (κ3) is 20.3. The monoisotopic (exact) mass is 948 g/mol. The Hall–Kier alpha value is -6.40. The quantitative estimate of drug-likeness (QED) is 0.0328. The second-order valence-electron chi connectivity index (χ2n) is 16.8. The van der Waals surface area contributed by atoms with E-state index in [1.54, 1.807) is 0 Å². The van der Waals surface area contributed by atoms with Gasteiger partial charge in [-0.15, -0.1) is 0 Å². The van der Waals surface area contributed by atoms with Crippen LogP contribution in [0.4, 0.5) is 0 Å². The van der Waals surface area contributed by atoms with Crippen molar-refractivity contribution in [3.05, 3.63) is 29.8 Å². The number of benzene rings is 1. The van der Waals surface area contributed by atoms with Crippen LogP contribution in [0.3, 0.4) is 0 Å². The average Bonchev–Trinajstić information content (AvgIpc) is 3.76. The van der Waals surface area contributed by atoms with Crippen LogP contribution in [-0.2, 0) is 54.4 Å². The Bertz CT molecular complexity index is 1870. The predicted octanol–water partition coefficient (Wildman–Crippen LogP) is -3.08. The molecule has 1 heterocycles. The van der Waals surface area contributed by atoms with Gasteiger partial charge in [0.25, 0.3) is 0 Å². The first-order valence-electron chi connectivity index (χ1n) is 22.4. The Labute approximate surface area is 388 Å². The van der Waals surface area contributed by atoms with Gasteiger partial charge in [-0.05, 0) is 101 Å². The molecule has 24 nitrogen and oxygen atoms in total. The van der Waals surface area contributed by atoms with Gasteiger partial charge in [-0.3, -0.25) is 47.9 Å². The van der Waals surface area contributed by atoms with Crippen molar-refractivity contribution >= 4 is 59.2 Å². The summed E-state index contributed by atoms with van der Waals surface area (Å²) in [4.78, 5) is 132. The number of phenolic OH excluding ortho intramolecular Hbond substituents is 1. The number of carboxylic acid groups (broad SMARTS) is 2. The van der Waals surface area contributed by atoms with Crippen LogP contribution in [0.2, 0.25) is 0 Å². The topological polar surface area (TPSA) is 411 Å². The molecule has 0 spiro atoms. The lowest BCUT2D eigenvalue weighted by molar-refractivity contribution is -0.146. The first-order chi connectivity index (χ1) is 31.7. The molecule has 1 aromatic rings. The summed E-state index contributed by atoms with van der Waals surface area (Å²) in [6.07, 6.45) is 0.594. The molecule has 17 N–H and O–H groups in total. The van der Waals surface area contributed by atoms with Crippen molar-refractivity contribution in [3.63, 3.8) is 0 Å². The molecular formula is C43H69N11O13. The molecule has 0 bridgehead atoms. The number of unbranched alkanes of at least 4 members (excludes halogenated alkanes) is 2. The lowest BCUT2D eigenvalue weighted by Gasteiger charge is -2.31. The maximum absolute atomic E-state index is 14.2. The zero-order valence-electron chi connectivity index (χ0n) is 38.1. The van der Waals surface area contributed by atoms with E-state index in [0.29, 0.717) is 37.8 Å². The normalized spacial score (nSPS) is 16.0. The van der Waals surface area contributed by atoms with Crippen molar-refractivity contribution in [2.75, 3.05) is 26.2 Å². The van der Waals surface area contributed by atoms with Gasteiger partial charge in [0.2, 0.25) is 47.3 Å². The number of likely N-dealkylation sites (tertiary alicyclic amines) is 1. The highest BCUT2D eigenvalue weighted by atomic mass is 16.4. The van der Waals surface area contributed by atoms with Gasteiger partial charge in [0.05, 0.1) is 13.0 Å². The maximum atomic E-state index is 14.2. The molecule has 0 unspecified atom stereocenters. The molecule has 374 valence electrons. The molecule has 1 fully saturated rings. The third-order valence-corrected chi connectivity index (χ3v) is 10.9. The standard InChI is InChI=1S/C43H69N11O13/c1-24(2)20-30(40(64)49-27(37(47)61)8-3-5-17-44)51-38(62)28(9-4-6-18-45)50-42(66)33-10-7-19-54(33)43(67)32(22-36(59)60)53-41(65)31(21-25-11-13-26(55)14-12-25)52-39(63)29(15-16-35(57)58)48-34(56)23-46/h11-14,24,27-33,55H,3-10,15-23,44-46H2,1-2H3,(H2,47,61)(H,48,56)(H,49,64)(H,50,66)(H,51,62)(H,52,63)(H,53,65)(H,57,58)(H,59,60)/t27-,28+,29-,30-,31+,32+,33-/m0/s1. The highest BCUT2D eigenvalue weighted by Gasteiger charge is 2.41. The van der Waals surface area contributed by atoms with Crippen LogP contribution in [-0.4, -0.2) is 148 Å². The fraction of sp³-hybridized carbons (Fsp3) is 0.628. The summed E-state index contributed by atoms with van der Waals surface area (Å²) >= 11 is 0. The number of nitrogens with zero attached hydrogens (tertiary/aromatic N) is 1. The van der Waals surface area contributed by atoms with E-state index in [9.17, 15) is 63.3 Å². The smallest absolute Gasteiger partial charge is 0.305 e. The lowest BCUT2D eigenvalue weighted by atomic mass is 10.0. The molecule has 7 atom stereocenters. The Balaban J connectivity index is 2.40. The second-order valence-corrected chi connectivity index (χ2v) is 16.8. The van der Waals surface area contributed by atoms with Crippen molar-refractivity contribution in [1.82, 2.24) is 36.8 Å². The van der Waals surface area contributed by atoms with Crippen LogP contribution in [0.1, 0.15) is 96.5 Å². The summed E-state index contributed by atoms with van der Waals surface area (Å²) in [5.41, 5.74) is 22.6. The number of carbonyl (C=O) groups is 10. The van der Waals surface area contributed by atoms with Gasteiger partial charge >= 0.3 is 11.9 Å². The number of primary amides is 1. The maximum Gasteiger partial charge on any atom is 0.305 e. The number of rotatable bonds is 31. The number of amides is 8. The van der Waals surface area contributed by atoms with Crippen molar-refractivity contribution < 1.29 is 63.3 Å². The van der Waals surface area contributed by atoms with Crippen molar-refractivity contribution in [2.24, 2.45) is 28.9 Å². The first-order valence-corrected chi connectivity index (χ1v) is 22.4. The van der Waals surface area contributed by atoms with Gasteiger partial charge in [0, 0.05) is 19.4 Å². The molecule has 2 rings (SSSR count). The number of nitrogens with one attached hydrogen (secondary N) is 6. The Kier molecular flexibility index (Phi) is 24.8. The van der Waals surface area contributed by atoms with E-state index in [-0.39, 0.29) is 63.3 Å². The molecule has 8 amide bonds. The summed E-state index contributed by atoms with van der Waals surface area (Å²) in [6, 6.07) is -3.97. The molecule has 1 aliphatic rings. The minimum atomic E-state index is -1.80. The molecule has 24 heteroatoms. The van der Waals surface area contributed by atoms with Crippen LogP contribution in [0.15, 0.2) is 24.3 Å². The van der Waals surface area contributed by atoms with Crippen LogP contribution < -0.4 is 54.8 Å². The van der Waals surface area contributed by atoms with Crippen molar-refractivity contribution in [2.45, 2.75) is 140 Å². The first kappa shape index (κ1) is 56.7. The Morgan fingerprint density at radius 1 is 0.657 bits per heavy atom. The van der Waals surface area contributed by atoms with Crippen LogP contribution in [0.5, 0.6) is 5.75 Å². The average molecular weight is 948 g/mol. The number of carboxylic acids is 2. The molecule has 67 heavy (non-hydrogen) atoms. The minimum absolute atomic E-state index is 0.0460. The van der Waals surface area contributed by atoms with E-state index >= 15 is 0 Å². The summed E-state index contributed by atoms with van der Waals surface area (Å²) < 4.78 is 0. The van der Waals surface area contributed by atoms with Crippen LogP contribution in [0.25, 0.3) is 0 Å². The fourth-order valence-electron chi connectivity index (χ4n) is 7.34. The Morgan fingerprint density at radius 2 is 1.18 bits per heavy atom. The largest absolute Gasteiger partial charge is 0.508 e. The van der Waals surface area contributed by atoms with Gasteiger partial charge in [-0.25, -0.2) is 0 Å². The summed E-state index contributed by atoms with van der Waals surface area (Å²) in [5, 5.41) is 44.0. The van der Waals surface area contributed by atoms with Crippen molar-refractivity contribution in [1.29, 1.82) is 0 Å². The number of aliphatic carboxylic acids is 2. The fourth-order valence-corrected chi connectivity index (χ4v) is 7.34. The molecule has 0 radical (unpaired) electrons. The molecule has 0 aliphatic carbocycles. The number of carbonyl (C=O) groups excluding carboxylic acids is 8. The molecule has 1 saturated heterocycles. The van der Waals surface area contributed by atoms with Gasteiger partial charge in [-0.2, -0.15) is 0 Å². The summed E-state index contributed by atoms with van der Waals surface area (Å²) in [7, 11) is 0. The highest BCUT2D eigenvalue weighted by Crippen LogP contribution is 2.21. The van der Waals surface area contributed by atoms with E-state index in [2.05, 4.69) is 31.9 Å². The predicted molar refractivity (Wildman–Crippen MR) is 241 cm³/mol. The molecule has 1 aromatic carbocycles. The van der Waals surface area contributed by atoms with Crippen molar-refractivity contribution in [3.8, 4) is 5.75 Å². The third-order valence-electron chi connectivity index (χ3n) is 10.9. The Morgan fingerprint density at radius 3 is 1.72 bits per heavy atom. The number of aromatic hydroxyl groups is 1. The second kappa shape index (κ2) is 29.3. The molecule has 0 aromatic heterocycles. The van der Waals surface area contributed by atoms with E-state index in [1.807, 2.05) is 13.8 Å². The lowest BCUT2D eigenvalue weighted by Crippen LogP contribution is -2.60. The van der Waals surface area contributed by atoms with Crippen LogP contribution >= 0.6 is 0 Å².